The van der Waals surface area contributed by atoms with E-state index in [4.69, 9.17) is 27.9 Å². The molecule has 2 aliphatic rings. The molecule has 0 bridgehead atoms. The van der Waals surface area contributed by atoms with Gasteiger partial charge >= 0.3 is 0 Å². The second kappa shape index (κ2) is 7.00. The summed E-state index contributed by atoms with van der Waals surface area (Å²) in [4.78, 5) is 27.6. The monoisotopic (exact) mass is 443 g/mol. The van der Waals surface area contributed by atoms with Crippen molar-refractivity contribution < 1.29 is 14.3 Å². The van der Waals surface area contributed by atoms with Crippen LogP contribution in [0.5, 0.6) is 5.75 Å². The van der Waals surface area contributed by atoms with E-state index >= 15 is 0 Å². The Bertz CT molecular complexity index is 1200. The number of piperidine rings is 1. The molecule has 1 N–H and O–H groups in total. The number of benzene rings is 2. The van der Waals surface area contributed by atoms with E-state index < -0.39 is 5.60 Å². The standard InChI is InChI=1S/C22H19Cl2N3O3/c1-12-6-13(7-14-11-25-26-20(12)14)21(29)27-4-2-22(3-5-27)10-18(28)15-8-16(23)17(24)9-19(15)30-22/h6-9,11H,2-5,10H2,1H3,(H,25,26). The Labute approximate surface area is 183 Å². The number of aromatic amines is 1. The van der Waals surface area contributed by atoms with Crippen molar-refractivity contribution in [2.24, 2.45) is 0 Å². The van der Waals surface area contributed by atoms with Gasteiger partial charge in [-0.3, -0.25) is 14.7 Å². The molecule has 0 unspecified atom stereocenters. The highest BCUT2D eigenvalue weighted by Crippen LogP contribution is 2.42. The highest BCUT2D eigenvalue weighted by atomic mass is 35.5. The summed E-state index contributed by atoms with van der Waals surface area (Å²) in [6.07, 6.45) is 3.16. The van der Waals surface area contributed by atoms with Gasteiger partial charge in [0.2, 0.25) is 0 Å². The van der Waals surface area contributed by atoms with Crippen molar-refractivity contribution in [3.8, 4) is 5.75 Å². The fourth-order valence-corrected chi connectivity index (χ4v) is 4.74. The number of nitrogens with zero attached hydrogens (tertiary/aromatic N) is 2. The zero-order valence-electron chi connectivity index (χ0n) is 16.3. The van der Waals surface area contributed by atoms with E-state index in [0.29, 0.717) is 52.9 Å². The number of carbonyl (C=O) groups excluding carboxylic acids is 2. The third-order valence-corrected chi connectivity index (χ3v) is 6.81. The molecule has 2 aliphatic heterocycles. The molecule has 0 atom stereocenters. The van der Waals surface area contributed by atoms with Gasteiger partial charge in [0, 0.05) is 42.9 Å². The van der Waals surface area contributed by atoms with Gasteiger partial charge in [0.05, 0.1) is 33.7 Å². The summed E-state index contributed by atoms with van der Waals surface area (Å²) in [5, 5.41) is 8.62. The molecular weight excluding hydrogens is 425 g/mol. The molecule has 3 heterocycles. The first kappa shape index (κ1) is 19.4. The minimum Gasteiger partial charge on any atom is -0.486 e. The molecule has 1 fully saturated rings. The van der Waals surface area contributed by atoms with Crippen molar-refractivity contribution in [1.29, 1.82) is 0 Å². The van der Waals surface area contributed by atoms with Crippen molar-refractivity contribution in [2.45, 2.75) is 31.8 Å². The number of nitrogens with one attached hydrogen (secondary N) is 1. The van der Waals surface area contributed by atoms with E-state index in [2.05, 4.69) is 10.2 Å². The van der Waals surface area contributed by atoms with Crippen molar-refractivity contribution in [2.75, 3.05) is 13.1 Å². The van der Waals surface area contributed by atoms with Crippen LogP contribution in [0.4, 0.5) is 0 Å². The number of likely N-dealkylation sites (tertiary alicyclic amines) is 1. The second-order valence-corrected chi connectivity index (χ2v) is 8.88. The van der Waals surface area contributed by atoms with Gasteiger partial charge in [-0.25, -0.2) is 0 Å². The van der Waals surface area contributed by atoms with Gasteiger partial charge in [-0.2, -0.15) is 5.10 Å². The lowest BCUT2D eigenvalue weighted by molar-refractivity contribution is -0.00569. The summed E-state index contributed by atoms with van der Waals surface area (Å²) >= 11 is 12.2. The smallest absolute Gasteiger partial charge is 0.253 e. The number of amides is 1. The zero-order chi connectivity index (χ0) is 21.0. The maximum atomic E-state index is 13.1. The predicted octanol–water partition coefficient (Wildman–Crippen LogP) is 4.82. The lowest BCUT2D eigenvalue weighted by atomic mass is 9.82. The number of Topliss-reactive ketones (excluding diaryl/α,β-unsaturated/α-hetero) is 1. The quantitative estimate of drug-likeness (QED) is 0.584. The number of ether oxygens (including phenoxy) is 1. The number of hydrogen-bond acceptors (Lipinski definition) is 4. The Morgan fingerprint density at radius 3 is 2.67 bits per heavy atom. The van der Waals surface area contributed by atoms with Gasteiger partial charge < -0.3 is 9.64 Å². The van der Waals surface area contributed by atoms with E-state index in [1.165, 1.54) is 0 Å². The number of ketones is 1. The third-order valence-electron chi connectivity index (χ3n) is 6.09. The van der Waals surface area contributed by atoms with Crippen LogP contribution in [0.25, 0.3) is 10.9 Å². The van der Waals surface area contributed by atoms with E-state index in [-0.39, 0.29) is 18.1 Å². The van der Waals surface area contributed by atoms with Crippen LogP contribution < -0.4 is 4.74 Å². The lowest BCUT2D eigenvalue weighted by Crippen LogP contribution is -2.52. The van der Waals surface area contributed by atoms with Crippen LogP contribution in [0.3, 0.4) is 0 Å². The highest BCUT2D eigenvalue weighted by molar-refractivity contribution is 6.42. The van der Waals surface area contributed by atoms with Gasteiger partial charge in [0.25, 0.3) is 5.91 Å². The summed E-state index contributed by atoms with van der Waals surface area (Å²) < 4.78 is 6.25. The molecule has 8 heteroatoms. The largest absolute Gasteiger partial charge is 0.486 e. The molecule has 0 saturated carbocycles. The summed E-state index contributed by atoms with van der Waals surface area (Å²) in [6, 6.07) is 6.93. The SMILES string of the molecule is Cc1cc(C(=O)N2CCC3(CC2)CC(=O)c2cc(Cl)c(Cl)cc2O3)cc2cn[nH]c12. The van der Waals surface area contributed by atoms with E-state index in [1.807, 2.05) is 24.0 Å². The molecule has 1 amide bonds. The number of fused-ring (bicyclic) bond motifs is 2. The highest BCUT2D eigenvalue weighted by Gasteiger charge is 2.44. The summed E-state index contributed by atoms with van der Waals surface area (Å²) in [5.74, 6) is 0.450. The van der Waals surface area contributed by atoms with Crippen molar-refractivity contribution in [3.63, 3.8) is 0 Å². The maximum Gasteiger partial charge on any atom is 0.253 e. The van der Waals surface area contributed by atoms with Crippen LogP contribution in [0.1, 0.15) is 45.5 Å². The average molecular weight is 444 g/mol. The van der Waals surface area contributed by atoms with Gasteiger partial charge in [0.15, 0.2) is 5.78 Å². The number of rotatable bonds is 1. The molecule has 0 aliphatic carbocycles. The minimum atomic E-state index is -0.609. The number of aromatic nitrogens is 2. The van der Waals surface area contributed by atoms with Crippen LogP contribution in [0.2, 0.25) is 10.0 Å². The van der Waals surface area contributed by atoms with Gasteiger partial charge in [-0.1, -0.05) is 23.2 Å². The summed E-state index contributed by atoms with van der Waals surface area (Å²) in [6.45, 7) is 3.00. The van der Waals surface area contributed by atoms with Gasteiger partial charge in [-0.15, -0.1) is 0 Å². The topological polar surface area (TPSA) is 75.3 Å². The fraction of sp³-hybridized carbons (Fsp3) is 0.318. The number of halogens is 2. The fourth-order valence-electron chi connectivity index (χ4n) is 4.43. The van der Waals surface area contributed by atoms with Crippen LogP contribution in [-0.2, 0) is 0 Å². The van der Waals surface area contributed by atoms with Crippen LogP contribution >= 0.6 is 23.2 Å². The van der Waals surface area contributed by atoms with Crippen LogP contribution in [0, 0.1) is 6.92 Å². The molecular formula is C22H19Cl2N3O3. The van der Waals surface area contributed by atoms with Gasteiger partial charge in [0.1, 0.15) is 11.4 Å². The molecule has 6 nitrogen and oxygen atoms in total. The minimum absolute atomic E-state index is 0.00405. The number of H-pyrrole nitrogens is 1. The Morgan fingerprint density at radius 2 is 1.90 bits per heavy atom. The predicted molar refractivity (Wildman–Crippen MR) is 115 cm³/mol. The average Bonchev–Trinajstić information content (AvgIpc) is 3.19. The first-order chi connectivity index (χ1) is 14.3. The normalized spacial score (nSPS) is 17.8. The van der Waals surface area contributed by atoms with E-state index in [0.717, 1.165) is 16.5 Å². The molecule has 30 heavy (non-hydrogen) atoms. The second-order valence-electron chi connectivity index (χ2n) is 8.07. The number of carbonyl (C=O) groups is 2. The molecule has 5 rings (SSSR count). The van der Waals surface area contributed by atoms with Crippen LogP contribution in [-0.4, -0.2) is 45.5 Å². The molecule has 3 aromatic rings. The molecule has 1 spiro atoms. The Hall–Kier alpha value is -2.57. The van der Waals surface area contributed by atoms with Crippen molar-refractivity contribution in [1.82, 2.24) is 15.1 Å². The van der Waals surface area contributed by atoms with Crippen molar-refractivity contribution >= 4 is 45.8 Å². The Kier molecular flexibility index (Phi) is 4.52. The molecule has 1 saturated heterocycles. The maximum absolute atomic E-state index is 13.1. The number of hydrogen-bond donors (Lipinski definition) is 1. The Balaban J connectivity index is 1.35. The zero-order valence-corrected chi connectivity index (χ0v) is 17.8. The summed E-state index contributed by atoms with van der Waals surface area (Å²) in [5.41, 5.74) is 2.43. The molecule has 154 valence electrons. The van der Waals surface area contributed by atoms with E-state index in [1.54, 1.807) is 18.3 Å². The lowest BCUT2D eigenvalue weighted by Gasteiger charge is -2.44. The first-order valence-electron chi connectivity index (χ1n) is 9.79. The summed E-state index contributed by atoms with van der Waals surface area (Å²) in [7, 11) is 0. The molecule has 0 radical (unpaired) electrons. The van der Waals surface area contributed by atoms with E-state index in [9.17, 15) is 9.59 Å². The first-order valence-corrected chi connectivity index (χ1v) is 10.6. The molecule has 2 aromatic carbocycles. The van der Waals surface area contributed by atoms with Crippen molar-refractivity contribution in [3.05, 3.63) is 57.2 Å². The Morgan fingerprint density at radius 1 is 1.17 bits per heavy atom. The molecule has 1 aromatic heterocycles. The third kappa shape index (κ3) is 3.15. The van der Waals surface area contributed by atoms with Crippen LogP contribution in [0.15, 0.2) is 30.5 Å². The number of aryl methyl sites for hydroxylation is 1. The van der Waals surface area contributed by atoms with Gasteiger partial charge in [-0.05, 0) is 30.7 Å².